The summed E-state index contributed by atoms with van der Waals surface area (Å²) in [4.78, 5) is 13.1. The molecule has 170 valence electrons. The van der Waals surface area contributed by atoms with Crippen LogP contribution in [-0.2, 0) is 14.3 Å². The third kappa shape index (κ3) is 6.60. The third-order valence-electron chi connectivity index (χ3n) is 7.60. The Labute approximate surface area is 188 Å². The number of ether oxygens (including phenoxy) is 2. The molecule has 3 rings (SSSR count). The molecule has 0 amide bonds. The smallest absolute Gasteiger partial charge is 0.310 e. The summed E-state index contributed by atoms with van der Waals surface area (Å²) in [5.74, 6) is 0.309. The Morgan fingerprint density at radius 3 is 2.20 bits per heavy atom. The minimum atomic E-state index is -0.652. The summed E-state index contributed by atoms with van der Waals surface area (Å²) in [7, 11) is 0. The van der Waals surface area contributed by atoms with Crippen molar-refractivity contribution in [2.75, 3.05) is 0 Å². The number of rotatable bonds is 7. The van der Waals surface area contributed by atoms with Crippen LogP contribution in [0.2, 0.25) is 0 Å². The summed E-state index contributed by atoms with van der Waals surface area (Å²) in [5.41, 5.74) is 0. The Hall–Kier alpha value is -0.790. The van der Waals surface area contributed by atoms with E-state index in [9.17, 15) is 10.1 Å². The lowest BCUT2D eigenvalue weighted by Crippen LogP contribution is -2.39. The lowest BCUT2D eigenvalue weighted by Gasteiger charge is -2.36. The SMILES string of the molecule is CC(C)C(C(=O)OC(C#N)C1CCCC(OC2CCCCC2)C1)C1CCC(Cl)CC1. The Balaban J connectivity index is 1.56. The highest BCUT2D eigenvalue weighted by molar-refractivity contribution is 6.20. The van der Waals surface area contributed by atoms with E-state index in [2.05, 4.69) is 19.9 Å². The topological polar surface area (TPSA) is 59.3 Å². The first-order valence-electron chi connectivity index (χ1n) is 12.4. The fourth-order valence-electron chi connectivity index (χ4n) is 5.93. The van der Waals surface area contributed by atoms with Gasteiger partial charge < -0.3 is 9.47 Å². The maximum atomic E-state index is 13.1. The Morgan fingerprint density at radius 2 is 1.57 bits per heavy atom. The monoisotopic (exact) mass is 437 g/mol. The van der Waals surface area contributed by atoms with Crippen LogP contribution in [0.3, 0.4) is 0 Å². The zero-order valence-electron chi connectivity index (χ0n) is 18.9. The summed E-state index contributed by atoms with van der Waals surface area (Å²) >= 11 is 6.27. The quantitative estimate of drug-likeness (QED) is 0.341. The molecule has 3 fully saturated rings. The number of alkyl halides is 1. The van der Waals surface area contributed by atoms with Gasteiger partial charge in [0.2, 0.25) is 0 Å². The van der Waals surface area contributed by atoms with E-state index < -0.39 is 6.10 Å². The molecule has 0 bridgehead atoms. The second-order valence-electron chi connectivity index (χ2n) is 10.2. The average molecular weight is 438 g/mol. The third-order valence-corrected chi connectivity index (χ3v) is 8.04. The Bertz CT molecular complexity index is 575. The van der Waals surface area contributed by atoms with E-state index in [1.807, 2.05) is 0 Å². The van der Waals surface area contributed by atoms with Gasteiger partial charge in [0.15, 0.2) is 6.10 Å². The number of carbonyl (C=O) groups is 1. The molecule has 0 radical (unpaired) electrons. The number of nitriles is 1. The largest absolute Gasteiger partial charge is 0.446 e. The van der Waals surface area contributed by atoms with Gasteiger partial charge in [0.05, 0.1) is 18.1 Å². The van der Waals surface area contributed by atoms with Crippen LogP contribution in [0.4, 0.5) is 0 Å². The van der Waals surface area contributed by atoms with Crippen molar-refractivity contribution in [3.05, 3.63) is 0 Å². The van der Waals surface area contributed by atoms with E-state index in [4.69, 9.17) is 21.1 Å². The van der Waals surface area contributed by atoms with Crippen LogP contribution in [0, 0.1) is 35.0 Å². The van der Waals surface area contributed by atoms with Crippen LogP contribution in [0.5, 0.6) is 0 Å². The van der Waals surface area contributed by atoms with Gasteiger partial charge in [0.25, 0.3) is 0 Å². The number of hydrogen-bond acceptors (Lipinski definition) is 4. The van der Waals surface area contributed by atoms with Crippen molar-refractivity contribution in [1.29, 1.82) is 5.26 Å². The zero-order valence-corrected chi connectivity index (χ0v) is 19.6. The molecule has 0 saturated heterocycles. The average Bonchev–Trinajstić information content (AvgIpc) is 2.74. The van der Waals surface area contributed by atoms with Crippen molar-refractivity contribution in [3.8, 4) is 6.07 Å². The van der Waals surface area contributed by atoms with Gasteiger partial charge in [-0.2, -0.15) is 5.26 Å². The van der Waals surface area contributed by atoms with Crippen molar-refractivity contribution in [3.63, 3.8) is 0 Å². The number of halogens is 1. The molecule has 0 heterocycles. The van der Waals surface area contributed by atoms with Crippen molar-refractivity contribution in [2.45, 2.75) is 121 Å². The lowest BCUT2D eigenvalue weighted by atomic mass is 9.75. The van der Waals surface area contributed by atoms with Gasteiger partial charge in [0.1, 0.15) is 6.07 Å². The highest BCUT2D eigenvalue weighted by atomic mass is 35.5. The summed E-state index contributed by atoms with van der Waals surface area (Å²) in [6, 6.07) is 2.31. The predicted octanol–water partition coefficient (Wildman–Crippen LogP) is 6.40. The summed E-state index contributed by atoms with van der Waals surface area (Å²) in [5, 5.41) is 10.1. The van der Waals surface area contributed by atoms with Crippen LogP contribution >= 0.6 is 11.6 Å². The molecule has 3 saturated carbocycles. The molecule has 0 aromatic heterocycles. The van der Waals surface area contributed by atoms with Gasteiger partial charge in [0, 0.05) is 11.3 Å². The molecule has 5 heteroatoms. The first-order valence-corrected chi connectivity index (χ1v) is 12.8. The van der Waals surface area contributed by atoms with Gasteiger partial charge in [-0.25, -0.2) is 0 Å². The van der Waals surface area contributed by atoms with E-state index in [1.54, 1.807) is 0 Å². The van der Waals surface area contributed by atoms with Crippen molar-refractivity contribution in [1.82, 2.24) is 0 Å². The number of esters is 1. The molecule has 4 nitrogen and oxygen atoms in total. The molecule has 3 aliphatic carbocycles. The summed E-state index contributed by atoms with van der Waals surface area (Å²) in [6.07, 6.45) is 13.9. The Kier molecular flexibility index (Phi) is 9.33. The molecular weight excluding hydrogens is 398 g/mol. The first-order chi connectivity index (χ1) is 14.5. The minimum absolute atomic E-state index is 0.0904. The van der Waals surface area contributed by atoms with Crippen LogP contribution in [-0.4, -0.2) is 29.7 Å². The maximum Gasteiger partial charge on any atom is 0.310 e. The molecule has 4 unspecified atom stereocenters. The van der Waals surface area contributed by atoms with E-state index in [0.717, 1.165) is 51.4 Å². The molecule has 0 spiro atoms. The van der Waals surface area contributed by atoms with E-state index in [0.29, 0.717) is 12.0 Å². The zero-order chi connectivity index (χ0) is 21.5. The normalized spacial score (nSPS) is 32.9. The predicted molar refractivity (Wildman–Crippen MR) is 119 cm³/mol. The molecule has 0 aromatic carbocycles. The molecule has 30 heavy (non-hydrogen) atoms. The maximum absolute atomic E-state index is 13.1. The number of hydrogen-bond donors (Lipinski definition) is 0. The van der Waals surface area contributed by atoms with Crippen molar-refractivity contribution >= 4 is 17.6 Å². The van der Waals surface area contributed by atoms with Crippen LogP contribution in [0.25, 0.3) is 0 Å². The van der Waals surface area contributed by atoms with Gasteiger partial charge >= 0.3 is 5.97 Å². The summed E-state index contributed by atoms with van der Waals surface area (Å²) in [6.45, 7) is 4.18. The first kappa shape index (κ1) is 23.9. The van der Waals surface area contributed by atoms with E-state index >= 15 is 0 Å². The fourth-order valence-corrected chi connectivity index (χ4v) is 6.18. The summed E-state index contributed by atoms with van der Waals surface area (Å²) < 4.78 is 12.3. The number of nitrogens with zero attached hydrogens (tertiary/aromatic N) is 1. The fraction of sp³-hybridized carbons (Fsp3) is 0.920. The van der Waals surface area contributed by atoms with E-state index in [1.165, 1.54) is 32.1 Å². The van der Waals surface area contributed by atoms with Crippen LogP contribution < -0.4 is 0 Å². The molecule has 3 aliphatic rings. The molecular formula is C25H40ClNO3. The van der Waals surface area contributed by atoms with Gasteiger partial charge in [-0.15, -0.1) is 11.6 Å². The van der Waals surface area contributed by atoms with Crippen molar-refractivity contribution < 1.29 is 14.3 Å². The Morgan fingerprint density at radius 1 is 0.900 bits per heavy atom. The molecule has 0 N–H and O–H groups in total. The second kappa shape index (κ2) is 11.7. The van der Waals surface area contributed by atoms with Gasteiger partial charge in [-0.05, 0) is 69.6 Å². The van der Waals surface area contributed by atoms with Crippen molar-refractivity contribution in [2.24, 2.45) is 23.7 Å². The van der Waals surface area contributed by atoms with Gasteiger partial charge in [-0.1, -0.05) is 39.5 Å². The highest BCUT2D eigenvalue weighted by Gasteiger charge is 2.38. The number of carbonyl (C=O) groups excluding carboxylic acids is 1. The molecule has 0 aromatic rings. The second-order valence-corrected chi connectivity index (χ2v) is 10.8. The molecule has 0 aliphatic heterocycles. The molecule has 4 atom stereocenters. The van der Waals surface area contributed by atoms with E-state index in [-0.39, 0.29) is 35.2 Å². The lowest BCUT2D eigenvalue weighted by molar-refractivity contribution is -0.160. The standard InChI is InChI=1S/C25H40ClNO3/c1-17(2)24(18-11-13-20(26)14-12-18)25(28)30-23(16-27)19-7-6-10-22(15-19)29-21-8-4-3-5-9-21/h17-24H,3-15H2,1-2H3. The minimum Gasteiger partial charge on any atom is -0.446 e. The van der Waals surface area contributed by atoms with Gasteiger partial charge in [-0.3, -0.25) is 4.79 Å². The van der Waals surface area contributed by atoms with Crippen LogP contribution in [0.15, 0.2) is 0 Å². The van der Waals surface area contributed by atoms with Crippen LogP contribution in [0.1, 0.15) is 97.3 Å². The highest BCUT2D eigenvalue weighted by Crippen LogP contribution is 2.38.